The van der Waals surface area contributed by atoms with Gasteiger partial charge in [-0.05, 0) is 17.6 Å². The van der Waals surface area contributed by atoms with Crippen molar-refractivity contribution in [3.05, 3.63) is 55.0 Å². The second kappa shape index (κ2) is 5.17. The van der Waals surface area contributed by atoms with Crippen molar-refractivity contribution in [2.45, 2.75) is 6.92 Å². The van der Waals surface area contributed by atoms with Crippen molar-refractivity contribution in [2.75, 3.05) is 18.0 Å². The van der Waals surface area contributed by atoms with Crippen LogP contribution in [-0.2, 0) is 0 Å². The van der Waals surface area contributed by atoms with Gasteiger partial charge in [0, 0.05) is 24.8 Å². The summed E-state index contributed by atoms with van der Waals surface area (Å²) in [5.74, 6) is 0.779. The first kappa shape index (κ1) is 12.6. The van der Waals surface area contributed by atoms with E-state index in [0.717, 1.165) is 18.7 Å². The normalized spacial score (nSPS) is 15.8. The van der Waals surface area contributed by atoms with Gasteiger partial charge in [-0.1, -0.05) is 38.3 Å². The Balaban J connectivity index is 2.17. The summed E-state index contributed by atoms with van der Waals surface area (Å²) in [6.45, 7) is 11.3. The Hall–Kier alpha value is -1.90. The molecule has 2 heterocycles. The van der Waals surface area contributed by atoms with Crippen LogP contribution in [0.25, 0.3) is 5.57 Å². The molecule has 0 amide bonds. The van der Waals surface area contributed by atoms with E-state index in [0.29, 0.717) is 17.3 Å². The van der Waals surface area contributed by atoms with Crippen molar-refractivity contribution in [1.82, 2.24) is 4.98 Å². The van der Waals surface area contributed by atoms with Crippen molar-refractivity contribution in [2.24, 2.45) is 5.92 Å². The van der Waals surface area contributed by atoms with Crippen LogP contribution in [-0.4, -0.2) is 18.1 Å². The van der Waals surface area contributed by atoms with Crippen LogP contribution in [0.15, 0.2) is 43.6 Å². The minimum absolute atomic E-state index is 0.285. The van der Waals surface area contributed by atoms with Crippen LogP contribution in [0.1, 0.15) is 12.5 Å². The van der Waals surface area contributed by atoms with Crippen molar-refractivity contribution < 1.29 is 4.39 Å². The van der Waals surface area contributed by atoms with Gasteiger partial charge in [-0.15, -0.1) is 0 Å². The lowest BCUT2D eigenvalue weighted by Crippen LogP contribution is -2.46. The molecule has 0 atom stereocenters. The highest BCUT2D eigenvalue weighted by Crippen LogP contribution is 2.26. The zero-order chi connectivity index (χ0) is 13.1. The minimum Gasteiger partial charge on any atom is -0.354 e. The number of hydrogen-bond donors (Lipinski definition) is 0. The molecule has 0 bridgehead atoms. The van der Waals surface area contributed by atoms with Gasteiger partial charge in [0.2, 0.25) is 0 Å². The van der Waals surface area contributed by atoms with Crippen LogP contribution in [0.2, 0.25) is 0 Å². The number of aromatic nitrogens is 1. The summed E-state index contributed by atoms with van der Waals surface area (Å²) in [7, 11) is 0. The Morgan fingerprint density at radius 3 is 2.83 bits per heavy atom. The lowest BCUT2D eigenvalue weighted by atomic mass is 10.0. The fourth-order valence-electron chi connectivity index (χ4n) is 1.99. The van der Waals surface area contributed by atoms with Crippen LogP contribution in [0, 0.1) is 11.7 Å². The molecular weight excluding hydrogens is 227 g/mol. The second-order valence-electron chi connectivity index (χ2n) is 4.66. The molecular formula is C15H17FN2. The Labute approximate surface area is 107 Å². The van der Waals surface area contributed by atoms with Gasteiger partial charge in [-0.3, -0.25) is 0 Å². The molecule has 94 valence electrons. The molecule has 3 heteroatoms. The first-order valence-electron chi connectivity index (χ1n) is 6.00. The highest BCUT2D eigenvalue weighted by molar-refractivity contribution is 5.72. The minimum atomic E-state index is -0.285. The van der Waals surface area contributed by atoms with E-state index in [1.54, 1.807) is 24.4 Å². The highest BCUT2D eigenvalue weighted by Gasteiger charge is 2.26. The quantitative estimate of drug-likeness (QED) is 0.754. The first-order chi connectivity index (χ1) is 8.61. The molecule has 1 fully saturated rings. The summed E-state index contributed by atoms with van der Waals surface area (Å²) in [5.41, 5.74) is 1.42. The van der Waals surface area contributed by atoms with Gasteiger partial charge in [-0.2, -0.15) is 0 Å². The maximum atomic E-state index is 13.9. The third-order valence-electron chi connectivity index (χ3n) is 2.99. The standard InChI is InChI=1S/C15H17FN2/c1-4-5-6-12(3)13-7-14(16)15(17-8-13)18-9-11(2)10-18/h4-8,11H,1,3,9-10H2,2H3/b6-5-. The van der Waals surface area contributed by atoms with Crippen LogP contribution in [0.5, 0.6) is 0 Å². The summed E-state index contributed by atoms with van der Waals surface area (Å²) in [4.78, 5) is 6.14. The zero-order valence-corrected chi connectivity index (χ0v) is 10.6. The van der Waals surface area contributed by atoms with Gasteiger partial charge < -0.3 is 4.90 Å². The zero-order valence-electron chi connectivity index (χ0n) is 10.6. The average molecular weight is 244 g/mol. The molecule has 0 unspecified atom stereocenters. The van der Waals surface area contributed by atoms with Crippen LogP contribution >= 0.6 is 0 Å². The largest absolute Gasteiger partial charge is 0.354 e. The Morgan fingerprint density at radius 2 is 2.28 bits per heavy atom. The van der Waals surface area contributed by atoms with Crippen molar-refractivity contribution in [3.63, 3.8) is 0 Å². The molecule has 1 aromatic heterocycles. The molecule has 1 aliphatic heterocycles. The molecule has 18 heavy (non-hydrogen) atoms. The monoisotopic (exact) mass is 244 g/mol. The summed E-state index contributed by atoms with van der Waals surface area (Å²) in [6.07, 6.45) is 6.88. The Kier molecular flexibility index (Phi) is 3.60. The van der Waals surface area contributed by atoms with E-state index in [-0.39, 0.29) is 5.82 Å². The third-order valence-corrected chi connectivity index (χ3v) is 2.99. The molecule has 2 nitrogen and oxygen atoms in total. The number of pyridine rings is 1. The highest BCUT2D eigenvalue weighted by atomic mass is 19.1. The number of rotatable bonds is 4. The van der Waals surface area contributed by atoms with E-state index in [2.05, 4.69) is 25.1 Å². The number of halogens is 1. The molecule has 1 saturated heterocycles. The summed E-state index contributed by atoms with van der Waals surface area (Å²) in [5, 5.41) is 0. The lowest BCUT2D eigenvalue weighted by molar-refractivity contribution is 0.434. The van der Waals surface area contributed by atoms with Gasteiger partial charge >= 0.3 is 0 Å². The molecule has 0 saturated carbocycles. The average Bonchev–Trinajstić information content (AvgIpc) is 2.32. The fourth-order valence-corrected chi connectivity index (χ4v) is 1.99. The SMILES string of the molecule is C=C/C=C\C(=C)c1cnc(N2CC(C)C2)c(F)c1. The van der Waals surface area contributed by atoms with Crippen LogP contribution < -0.4 is 4.90 Å². The molecule has 1 aromatic rings. The predicted octanol–water partition coefficient (Wildman–Crippen LogP) is 3.43. The molecule has 0 aliphatic carbocycles. The summed E-state index contributed by atoms with van der Waals surface area (Å²) in [6, 6.07) is 1.49. The van der Waals surface area contributed by atoms with Gasteiger partial charge in [0.1, 0.15) is 0 Å². The number of allylic oxidation sites excluding steroid dienone is 4. The molecule has 0 radical (unpaired) electrons. The van der Waals surface area contributed by atoms with E-state index in [4.69, 9.17) is 0 Å². The summed E-state index contributed by atoms with van der Waals surface area (Å²) < 4.78 is 13.9. The lowest BCUT2D eigenvalue weighted by Gasteiger charge is -2.38. The number of anilines is 1. The first-order valence-corrected chi connectivity index (χ1v) is 6.00. The molecule has 1 aliphatic rings. The second-order valence-corrected chi connectivity index (χ2v) is 4.66. The van der Waals surface area contributed by atoms with Gasteiger partial charge in [0.15, 0.2) is 11.6 Å². The van der Waals surface area contributed by atoms with Crippen molar-refractivity contribution >= 4 is 11.4 Å². The number of nitrogens with zero attached hydrogens (tertiary/aromatic N) is 2. The van der Waals surface area contributed by atoms with Crippen molar-refractivity contribution in [3.8, 4) is 0 Å². The topological polar surface area (TPSA) is 16.1 Å². The maximum Gasteiger partial charge on any atom is 0.166 e. The predicted molar refractivity (Wildman–Crippen MR) is 73.9 cm³/mol. The van der Waals surface area contributed by atoms with Gasteiger partial charge in [0.25, 0.3) is 0 Å². The Morgan fingerprint density at radius 1 is 1.56 bits per heavy atom. The molecule has 0 N–H and O–H groups in total. The van der Waals surface area contributed by atoms with E-state index in [1.165, 1.54) is 6.07 Å². The molecule has 0 spiro atoms. The van der Waals surface area contributed by atoms with Crippen molar-refractivity contribution in [1.29, 1.82) is 0 Å². The van der Waals surface area contributed by atoms with Gasteiger partial charge in [-0.25, -0.2) is 9.37 Å². The number of hydrogen-bond acceptors (Lipinski definition) is 2. The van der Waals surface area contributed by atoms with Gasteiger partial charge in [0.05, 0.1) is 0 Å². The van der Waals surface area contributed by atoms with E-state index in [1.807, 2.05) is 4.90 Å². The Bertz CT molecular complexity index is 499. The van der Waals surface area contributed by atoms with Crippen LogP contribution in [0.4, 0.5) is 10.2 Å². The van der Waals surface area contributed by atoms with E-state index >= 15 is 0 Å². The molecule has 0 aromatic carbocycles. The maximum absolute atomic E-state index is 13.9. The van der Waals surface area contributed by atoms with E-state index < -0.39 is 0 Å². The van der Waals surface area contributed by atoms with E-state index in [9.17, 15) is 4.39 Å². The smallest absolute Gasteiger partial charge is 0.166 e. The molecule has 2 rings (SSSR count). The summed E-state index contributed by atoms with van der Waals surface area (Å²) >= 11 is 0. The fraction of sp³-hybridized carbons (Fsp3) is 0.267. The third kappa shape index (κ3) is 2.50. The van der Waals surface area contributed by atoms with Crippen LogP contribution in [0.3, 0.4) is 0 Å².